The molecule has 0 saturated carbocycles. The average molecular weight is 207 g/mol. The molecular weight excluding hydrogens is 202 g/mol. The van der Waals surface area contributed by atoms with Crippen LogP contribution in [0.15, 0.2) is 24.5 Å². The van der Waals surface area contributed by atoms with Gasteiger partial charge < -0.3 is 15.2 Å². The topological polar surface area (TPSA) is 97.7 Å². The Morgan fingerprint density at radius 2 is 2.33 bits per heavy atom. The average Bonchev–Trinajstić information content (AvgIpc) is 2.59. The van der Waals surface area contributed by atoms with Crippen molar-refractivity contribution < 1.29 is 14.8 Å². The van der Waals surface area contributed by atoms with Gasteiger partial charge in [0.25, 0.3) is 0 Å². The Hall–Kier alpha value is -2.44. The molecule has 0 amide bonds. The third-order valence-electron chi connectivity index (χ3n) is 1.93. The highest BCUT2D eigenvalue weighted by molar-refractivity contribution is 5.88. The summed E-state index contributed by atoms with van der Waals surface area (Å²) in [6.07, 6.45) is 2.39. The fourth-order valence-corrected chi connectivity index (χ4v) is 1.24. The summed E-state index contributed by atoms with van der Waals surface area (Å²) in [5, 5.41) is 19.2. The van der Waals surface area contributed by atoms with Crippen molar-refractivity contribution in [3.63, 3.8) is 0 Å². The fourth-order valence-electron chi connectivity index (χ4n) is 1.24. The molecule has 0 unspecified atom stereocenters. The van der Waals surface area contributed by atoms with Gasteiger partial charge in [0.05, 0.1) is 11.8 Å². The van der Waals surface area contributed by atoms with Crippen molar-refractivity contribution in [1.29, 1.82) is 0 Å². The van der Waals surface area contributed by atoms with Gasteiger partial charge in [-0.05, 0) is 11.0 Å². The summed E-state index contributed by atoms with van der Waals surface area (Å²) >= 11 is 0. The van der Waals surface area contributed by atoms with E-state index in [4.69, 9.17) is 5.11 Å². The Bertz CT molecular complexity index is 560. The maximum absolute atomic E-state index is 10.6. The quantitative estimate of drug-likeness (QED) is 0.583. The lowest BCUT2D eigenvalue weighted by Gasteiger charge is -1.94. The minimum absolute atomic E-state index is 0.0444. The number of carboxylic acid groups (broad SMARTS) is 1. The molecule has 0 atom stereocenters. The zero-order valence-corrected chi connectivity index (χ0v) is 7.32. The van der Waals surface area contributed by atoms with Crippen LogP contribution >= 0.6 is 0 Å². The molecule has 0 aromatic carbocycles. The van der Waals surface area contributed by atoms with Crippen molar-refractivity contribution in [3.8, 4) is 0 Å². The first kappa shape index (κ1) is 9.13. The number of nitro groups is 1. The zero-order chi connectivity index (χ0) is 11.0. The molecule has 2 aromatic heterocycles. The smallest absolute Gasteiger partial charge is 0.347 e. The summed E-state index contributed by atoms with van der Waals surface area (Å²) < 4.78 is 1.21. The summed E-state index contributed by atoms with van der Waals surface area (Å²) in [6, 6.07) is 2.55. The van der Waals surface area contributed by atoms with Gasteiger partial charge in [0.1, 0.15) is 6.20 Å². The van der Waals surface area contributed by atoms with Gasteiger partial charge in [0, 0.05) is 6.07 Å². The Labute approximate surface area is 82.7 Å². The van der Waals surface area contributed by atoms with Gasteiger partial charge >= 0.3 is 11.8 Å². The Kier molecular flexibility index (Phi) is 1.86. The van der Waals surface area contributed by atoms with Crippen LogP contribution in [0.2, 0.25) is 0 Å². The number of fused-ring (bicyclic) bond motifs is 1. The maximum atomic E-state index is 10.6. The second kappa shape index (κ2) is 3.05. The number of imidazole rings is 1. The fraction of sp³-hybridized carbons (Fsp3) is 0. The van der Waals surface area contributed by atoms with Crippen molar-refractivity contribution in [1.82, 2.24) is 9.38 Å². The molecule has 0 spiro atoms. The number of carboxylic acids is 1. The lowest BCUT2D eigenvalue weighted by atomic mass is 10.3. The van der Waals surface area contributed by atoms with E-state index in [0.717, 1.165) is 6.20 Å². The Morgan fingerprint density at radius 1 is 1.60 bits per heavy atom. The lowest BCUT2D eigenvalue weighted by molar-refractivity contribution is -0.390. The van der Waals surface area contributed by atoms with Crippen LogP contribution in [-0.4, -0.2) is 25.4 Å². The number of hydrogen-bond donors (Lipinski definition) is 1. The van der Waals surface area contributed by atoms with Gasteiger partial charge in [-0.25, -0.2) is 9.78 Å². The normalized spacial score (nSPS) is 10.4. The zero-order valence-electron chi connectivity index (χ0n) is 7.32. The van der Waals surface area contributed by atoms with E-state index < -0.39 is 10.9 Å². The molecule has 0 saturated heterocycles. The van der Waals surface area contributed by atoms with E-state index in [-0.39, 0.29) is 17.0 Å². The highest BCUT2D eigenvalue weighted by atomic mass is 16.6. The molecule has 76 valence electrons. The maximum Gasteiger partial charge on any atom is 0.347 e. The number of aromatic nitrogens is 2. The molecule has 15 heavy (non-hydrogen) atoms. The number of pyridine rings is 1. The lowest BCUT2D eigenvalue weighted by Crippen LogP contribution is -1.99. The van der Waals surface area contributed by atoms with Crippen LogP contribution in [-0.2, 0) is 0 Å². The van der Waals surface area contributed by atoms with Crippen LogP contribution in [0.4, 0.5) is 5.82 Å². The van der Waals surface area contributed by atoms with Crippen molar-refractivity contribution in [3.05, 3.63) is 40.2 Å². The molecule has 0 aliphatic rings. The first-order valence-electron chi connectivity index (χ1n) is 3.94. The van der Waals surface area contributed by atoms with Gasteiger partial charge in [-0.15, -0.1) is 0 Å². The first-order valence-corrected chi connectivity index (χ1v) is 3.94. The molecule has 2 aromatic rings. The van der Waals surface area contributed by atoms with E-state index >= 15 is 0 Å². The predicted octanol–water partition coefficient (Wildman–Crippen LogP) is 0.941. The van der Waals surface area contributed by atoms with E-state index in [1.165, 1.54) is 22.7 Å². The molecule has 2 rings (SSSR count). The third kappa shape index (κ3) is 1.39. The first-order chi connectivity index (χ1) is 7.09. The van der Waals surface area contributed by atoms with Crippen LogP contribution in [0, 0.1) is 10.1 Å². The summed E-state index contributed by atoms with van der Waals surface area (Å²) in [6.45, 7) is 0. The standard InChI is InChI=1S/C8H5N3O4/c12-8(13)5-1-2-10-6(3-5)9-4-7(10)11(14)15/h1-4H,(H,12,13). The third-order valence-corrected chi connectivity index (χ3v) is 1.93. The van der Waals surface area contributed by atoms with E-state index in [1.54, 1.807) is 0 Å². The van der Waals surface area contributed by atoms with Crippen molar-refractivity contribution in [2.24, 2.45) is 0 Å². The van der Waals surface area contributed by atoms with Crippen molar-refractivity contribution >= 4 is 17.4 Å². The molecule has 0 radical (unpaired) electrons. The predicted molar refractivity (Wildman–Crippen MR) is 48.8 cm³/mol. The number of rotatable bonds is 2. The summed E-state index contributed by atoms with van der Waals surface area (Å²) in [7, 11) is 0. The van der Waals surface area contributed by atoms with Crippen LogP contribution < -0.4 is 0 Å². The SMILES string of the molecule is O=C(O)c1ccn2c([N+](=O)[O-])cnc2c1. The Balaban J connectivity index is 2.66. The number of aromatic carboxylic acids is 1. The second-order valence-electron chi connectivity index (χ2n) is 2.82. The number of nitrogens with zero attached hydrogens (tertiary/aromatic N) is 3. The molecule has 0 aliphatic heterocycles. The monoisotopic (exact) mass is 207 g/mol. The molecule has 7 heteroatoms. The molecule has 0 fully saturated rings. The molecular formula is C8H5N3O4. The van der Waals surface area contributed by atoms with E-state index in [0.29, 0.717) is 0 Å². The van der Waals surface area contributed by atoms with Crippen LogP contribution in [0.3, 0.4) is 0 Å². The van der Waals surface area contributed by atoms with Crippen molar-refractivity contribution in [2.45, 2.75) is 0 Å². The molecule has 2 heterocycles. The minimum atomic E-state index is -1.09. The largest absolute Gasteiger partial charge is 0.478 e. The van der Waals surface area contributed by atoms with Crippen LogP contribution in [0.1, 0.15) is 10.4 Å². The number of hydrogen-bond acceptors (Lipinski definition) is 4. The van der Waals surface area contributed by atoms with Gasteiger partial charge in [0.15, 0.2) is 0 Å². The molecule has 0 bridgehead atoms. The highest BCUT2D eigenvalue weighted by Gasteiger charge is 2.15. The second-order valence-corrected chi connectivity index (χ2v) is 2.82. The van der Waals surface area contributed by atoms with Gasteiger partial charge in [-0.3, -0.25) is 0 Å². The van der Waals surface area contributed by atoms with Crippen LogP contribution in [0.5, 0.6) is 0 Å². The summed E-state index contributed by atoms with van der Waals surface area (Å²) in [4.78, 5) is 24.3. The molecule has 0 aliphatic carbocycles. The summed E-state index contributed by atoms with van der Waals surface area (Å²) in [5.41, 5.74) is 0.282. The number of carbonyl (C=O) groups is 1. The van der Waals surface area contributed by atoms with Gasteiger partial charge in [-0.1, -0.05) is 0 Å². The highest BCUT2D eigenvalue weighted by Crippen LogP contribution is 2.15. The Morgan fingerprint density at radius 3 is 2.93 bits per heavy atom. The van der Waals surface area contributed by atoms with Gasteiger partial charge in [-0.2, -0.15) is 4.40 Å². The van der Waals surface area contributed by atoms with E-state index in [1.807, 2.05) is 0 Å². The van der Waals surface area contributed by atoms with E-state index in [2.05, 4.69) is 4.98 Å². The van der Waals surface area contributed by atoms with Gasteiger partial charge in [0.2, 0.25) is 5.65 Å². The van der Waals surface area contributed by atoms with Crippen molar-refractivity contribution in [2.75, 3.05) is 0 Å². The minimum Gasteiger partial charge on any atom is -0.478 e. The van der Waals surface area contributed by atoms with E-state index in [9.17, 15) is 14.9 Å². The molecule has 1 N–H and O–H groups in total. The molecule has 7 nitrogen and oxygen atoms in total. The summed E-state index contributed by atoms with van der Waals surface area (Å²) in [5.74, 6) is -1.29. The van der Waals surface area contributed by atoms with Crippen LogP contribution in [0.25, 0.3) is 5.65 Å².